The lowest BCUT2D eigenvalue weighted by Gasteiger charge is -2.41. The Hall–Kier alpha value is -1.30. The van der Waals surface area contributed by atoms with Crippen LogP contribution in [0.4, 0.5) is 4.79 Å². The Bertz CT molecular complexity index is 527. The minimum absolute atomic E-state index is 0.0195. The number of aliphatic hydroxyl groups excluding tert-OH is 4. The van der Waals surface area contributed by atoms with Crippen LogP contribution in [-0.2, 0) is 14.3 Å². The van der Waals surface area contributed by atoms with Crippen molar-refractivity contribution < 1.29 is 39.5 Å². The van der Waals surface area contributed by atoms with Crippen LogP contribution >= 0.6 is 0 Å². The van der Waals surface area contributed by atoms with E-state index in [1.54, 1.807) is 9.80 Å². The molecule has 4 N–H and O–H groups in total. The molecule has 0 bridgehead atoms. The molecule has 0 aliphatic carbocycles. The molecule has 154 valence electrons. The van der Waals surface area contributed by atoms with Crippen LogP contribution in [-0.4, -0.2) is 112 Å². The van der Waals surface area contributed by atoms with Crippen LogP contribution in [0.2, 0.25) is 0 Å². The lowest BCUT2D eigenvalue weighted by Crippen LogP contribution is -2.60. The Balaban J connectivity index is 1.53. The topological polar surface area (TPSA) is 140 Å². The number of hydrogen-bond acceptors (Lipinski definition) is 8. The highest BCUT2D eigenvalue weighted by Crippen LogP contribution is 2.26. The molecular formula is C17H28N2O8. The van der Waals surface area contributed by atoms with E-state index in [1.165, 1.54) is 0 Å². The molecule has 10 nitrogen and oxygen atoms in total. The summed E-state index contributed by atoms with van der Waals surface area (Å²) in [6, 6.07) is -0.105. The highest BCUT2D eigenvalue weighted by Gasteiger charge is 2.46. The molecule has 0 unspecified atom stereocenters. The normalized spacial score (nSPS) is 38.2. The van der Waals surface area contributed by atoms with E-state index in [2.05, 4.69) is 0 Å². The minimum Gasteiger partial charge on any atom is -0.394 e. The maximum Gasteiger partial charge on any atom is 0.320 e. The molecule has 3 rings (SSSR count). The molecule has 3 fully saturated rings. The van der Waals surface area contributed by atoms with E-state index in [9.17, 15) is 30.0 Å². The first-order valence-electron chi connectivity index (χ1n) is 9.39. The van der Waals surface area contributed by atoms with Crippen LogP contribution < -0.4 is 0 Å². The molecule has 2 amide bonds. The van der Waals surface area contributed by atoms with Gasteiger partial charge in [-0.1, -0.05) is 0 Å². The van der Waals surface area contributed by atoms with Gasteiger partial charge in [-0.3, -0.25) is 0 Å². The quantitative estimate of drug-likeness (QED) is 0.402. The standard InChI is InChI=1S/C17H28N2O8/c20-8-10-1-4-18(5-2-10)17(25)19-6-3-11(7-19)26-15-13(22)12(9-21)27-16(24)14(15)23/h8,10-16,21-24H,1-7,9H2/t11-,12-,13+,14+,15-,16+/m0/s1. The van der Waals surface area contributed by atoms with Gasteiger partial charge in [-0.15, -0.1) is 0 Å². The van der Waals surface area contributed by atoms with Gasteiger partial charge in [-0.05, 0) is 19.3 Å². The van der Waals surface area contributed by atoms with Gasteiger partial charge in [-0.2, -0.15) is 0 Å². The van der Waals surface area contributed by atoms with Gasteiger partial charge < -0.3 is 44.5 Å². The molecule has 6 atom stereocenters. The van der Waals surface area contributed by atoms with Crippen LogP contribution in [0.5, 0.6) is 0 Å². The fourth-order valence-corrected chi connectivity index (χ4v) is 3.89. The number of aliphatic hydroxyl groups is 4. The number of rotatable bonds is 4. The SMILES string of the molecule is O=CC1CCN(C(=O)N2CC[C@H](O[C@@H]3[C@@H](O)[C@H](O)O[C@@H](CO)[C@H]3O)C2)CC1. The number of ether oxygens (including phenoxy) is 2. The lowest BCUT2D eigenvalue weighted by molar-refractivity contribution is -0.299. The molecule has 0 aromatic rings. The van der Waals surface area contributed by atoms with Gasteiger partial charge in [-0.25, -0.2) is 4.79 Å². The van der Waals surface area contributed by atoms with Crippen molar-refractivity contribution in [1.82, 2.24) is 9.80 Å². The third kappa shape index (κ3) is 4.41. The van der Waals surface area contributed by atoms with E-state index in [0.29, 0.717) is 45.4 Å². The van der Waals surface area contributed by atoms with Crippen molar-refractivity contribution in [2.75, 3.05) is 32.8 Å². The van der Waals surface area contributed by atoms with E-state index < -0.39 is 43.4 Å². The zero-order valence-corrected chi connectivity index (χ0v) is 15.1. The predicted octanol–water partition coefficient (Wildman–Crippen LogP) is -2.09. The summed E-state index contributed by atoms with van der Waals surface area (Å²) in [5, 5.41) is 39.2. The Morgan fingerprint density at radius 2 is 1.74 bits per heavy atom. The first kappa shape index (κ1) is 20.4. The molecule has 0 spiro atoms. The molecule has 3 saturated heterocycles. The van der Waals surface area contributed by atoms with Gasteiger partial charge >= 0.3 is 6.03 Å². The second-order valence-electron chi connectivity index (χ2n) is 7.43. The fraction of sp³-hybridized carbons (Fsp3) is 0.882. The van der Waals surface area contributed by atoms with Crippen molar-refractivity contribution in [2.24, 2.45) is 5.92 Å². The van der Waals surface area contributed by atoms with Gasteiger partial charge in [0.05, 0.1) is 12.7 Å². The summed E-state index contributed by atoms with van der Waals surface area (Å²) < 4.78 is 10.7. The Morgan fingerprint density at radius 1 is 1.07 bits per heavy atom. The molecule has 10 heteroatoms. The van der Waals surface area contributed by atoms with Crippen molar-refractivity contribution in [3.8, 4) is 0 Å². The maximum atomic E-state index is 12.6. The first-order chi connectivity index (χ1) is 12.9. The number of carbonyl (C=O) groups excluding carboxylic acids is 2. The van der Waals surface area contributed by atoms with Crippen LogP contribution in [0.1, 0.15) is 19.3 Å². The van der Waals surface area contributed by atoms with Crippen LogP contribution in [0.15, 0.2) is 0 Å². The number of likely N-dealkylation sites (tertiary alicyclic amines) is 2. The van der Waals surface area contributed by atoms with Crippen LogP contribution in [0.3, 0.4) is 0 Å². The monoisotopic (exact) mass is 388 g/mol. The molecule has 0 aromatic carbocycles. The Labute approximate surface area is 157 Å². The number of urea groups is 1. The second-order valence-corrected chi connectivity index (χ2v) is 7.43. The van der Waals surface area contributed by atoms with Crippen molar-refractivity contribution in [2.45, 2.75) is 56.1 Å². The van der Waals surface area contributed by atoms with Crippen molar-refractivity contribution in [3.63, 3.8) is 0 Å². The van der Waals surface area contributed by atoms with Crippen molar-refractivity contribution in [1.29, 1.82) is 0 Å². The van der Waals surface area contributed by atoms with E-state index in [4.69, 9.17) is 9.47 Å². The van der Waals surface area contributed by atoms with E-state index >= 15 is 0 Å². The van der Waals surface area contributed by atoms with Gasteiger partial charge in [0.1, 0.15) is 30.7 Å². The van der Waals surface area contributed by atoms with Gasteiger partial charge in [0.15, 0.2) is 6.29 Å². The lowest BCUT2D eigenvalue weighted by atomic mass is 9.99. The summed E-state index contributed by atoms with van der Waals surface area (Å²) >= 11 is 0. The fourth-order valence-electron chi connectivity index (χ4n) is 3.89. The van der Waals surface area contributed by atoms with Gasteiger partial charge in [0.2, 0.25) is 0 Å². The molecule has 3 heterocycles. The highest BCUT2D eigenvalue weighted by molar-refractivity contribution is 5.75. The zero-order valence-electron chi connectivity index (χ0n) is 15.1. The maximum absolute atomic E-state index is 12.6. The summed E-state index contributed by atoms with van der Waals surface area (Å²) in [5.41, 5.74) is 0. The molecule has 3 aliphatic heterocycles. The summed E-state index contributed by atoms with van der Waals surface area (Å²) in [6.07, 6.45) is -4.05. The molecule has 3 aliphatic rings. The third-order valence-electron chi connectivity index (χ3n) is 5.61. The minimum atomic E-state index is -1.56. The van der Waals surface area contributed by atoms with E-state index in [1.807, 2.05) is 0 Å². The molecule has 0 aromatic heterocycles. The zero-order chi connectivity index (χ0) is 19.6. The predicted molar refractivity (Wildman–Crippen MR) is 90.6 cm³/mol. The average Bonchev–Trinajstić information content (AvgIpc) is 3.16. The van der Waals surface area contributed by atoms with E-state index in [0.717, 1.165) is 6.29 Å². The summed E-state index contributed by atoms with van der Waals surface area (Å²) in [6.45, 7) is 1.37. The number of aldehydes is 1. The number of hydrogen-bond donors (Lipinski definition) is 4. The molecule has 27 heavy (non-hydrogen) atoms. The highest BCUT2D eigenvalue weighted by atomic mass is 16.6. The molecule has 0 saturated carbocycles. The number of piperidine rings is 1. The van der Waals surface area contributed by atoms with Crippen molar-refractivity contribution in [3.05, 3.63) is 0 Å². The smallest absolute Gasteiger partial charge is 0.320 e. The number of nitrogens with zero attached hydrogens (tertiary/aromatic N) is 2. The second kappa shape index (κ2) is 8.80. The molecule has 0 radical (unpaired) electrons. The number of amides is 2. The van der Waals surface area contributed by atoms with Crippen LogP contribution in [0.25, 0.3) is 0 Å². The van der Waals surface area contributed by atoms with Gasteiger partial charge in [0.25, 0.3) is 0 Å². The third-order valence-corrected chi connectivity index (χ3v) is 5.61. The first-order valence-corrected chi connectivity index (χ1v) is 9.39. The number of carbonyl (C=O) groups is 2. The molecular weight excluding hydrogens is 360 g/mol. The van der Waals surface area contributed by atoms with Crippen LogP contribution in [0, 0.1) is 5.92 Å². The van der Waals surface area contributed by atoms with E-state index in [-0.39, 0.29) is 11.9 Å². The summed E-state index contributed by atoms with van der Waals surface area (Å²) in [5.74, 6) is 0.0195. The Kier molecular flexibility index (Phi) is 6.66. The van der Waals surface area contributed by atoms with Crippen molar-refractivity contribution >= 4 is 12.3 Å². The summed E-state index contributed by atoms with van der Waals surface area (Å²) in [7, 11) is 0. The Morgan fingerprint density at radius 3 is 2.37 bits per heavy atom. The average molecular weight is 388 g/mol. The largest absolute Gasteiger partial charge is 0.394 e. The van der Waals surface area contributed by atoms with Gasteiger partial charge in [0, 0.05) is 32.1 Å². The summed E-state index contributed by atoms with van der Waals surface area (Å²) in [4.78, 5) is 26.8.